The van der Waals surface area contributed by atoms with Crippen molar-refractivity contribution in [3.63, 3.8) is 0 Å². The van der Waals surface area contributed by atoms with E-state index in [4.69, 9.17) is 11.6 Å². The van der Waals surface area contributed by atoms with Gasteiger partial charge in [0.1, 0.15) is 5.60 Å². The first-order chi connectivity index (χ1) is 9.38. The molecule has 20 heavy (non-hydrogen) atoms. The van der Waals surface area contributed by atoms with Crippen molar-refractivity contribution in [2.24, 2.45) is 0 Å². The Morgan fingerprint density at radius 2 is 2.10 bits per heavy atom. The van der Waals surface area contributed by atoms with Gasteiger partial charge in [-0.3, -0.25) is 0 Å². The van der Waals surface area contributed by atoms with E-state index in [2.05, 4.69) is 15.3 Å². The Balaban J connectivity index is 2.10. The number of benzene rings is 1. The number of hydrogen-bond donors (Lipinski definition) is 2. The third kappa shape index (κ3) is 3.46. The van der Waals surface area contributed by atoms with E-state index < -0.39 is 5.60 Å². The lowest BCUT2D eigenvalue weighted by Crippen LogP contribution is -2.31. The summed E-state index contributed by atoms with van der Waals surface area (Å²) < 4.78 is 0. The summed E-state index contributed by atoms with van der Waals surface area (Å²) in [4.78, 5) is 8.52. The molecular weight excluding hydrogens is 274 g/mol. The maximum Gasteiger partial charge on any atom is 0.222 e. The minimum atomic E-state index is -1.05. The lowest BCUT2D eigenvalue weighted by atomic mass is 9.96. The van der Waals surface area contributed by atoms with Crippen LogP contribution in [0.15, 0.2) is 30.5 Å². The van der Waals surface area contributed by atoms with Gasteiger partial charge < -0.3 is 10.4 Å². The average molecular weight is 292 g/mol. The molecule has 2 N–H and O–H groups in total. The van der Waals surface area contributed by atoms with E-state index in [9.17, 15) is 5.11 Å². The summed E-state index contributed by atoms with van der Waals surface area (Å²) in [5.41, 5.74) is 1.66. The van der Waals surface area contributed by atoms with Crippen molar-refractivity contribution in [2.45, 2.75) is 26.4 Å². The van der Waals surface area contributed by atoms with Crippen molar-refractivity contribution in [3.05, 3.63) is 52.3 Å². The first-order valence-electron chi connectivity index (χ1n) is 6.41. The zero-order chi connectivity index (χ0) is 14.8. The maximum atomic E-state index is 10.5. The monoisotopic (exact) mass is 291 g/mol. The molecule has 2 aromatic rings. The second-order valence-corrected chi connectivity index (χ2v) is 5.54. The van der Waals surface area contributed by atoms with E-state index in [0.29, 0.717) is 17.5 Å². The Morgan fingerprint density at radius 1 is 1.35 bits per heavy atom. The number of halogens is 1. The summed E-state index contributed by atoms with van der Waals surface area (Å²) in [5.74, 6) is 0.510. The summed E-state index contributed by atoms with van der Waals surface area (Å²) in [6, 6.07) is 7.19. The van der Waals surface area contributed by atoms with Crippen LogP contribution in [0, 0.1) is 13.8 Å². The number of anilines is 1. The molecular formula is C15H18ClN3O. The van der Waals surface area contributed by atoms with Crippen LogP contribution in [0.25, 0.3) is 0 Å². The van der Waals surface area contributed by atoms with Gasteiger partial charge >= 0.3 is 0 Å². The standard InChI is InChI=1S/C15H18ClN3O/c1-10-8-17-14(19-11(10)2)18-9-15(3,20)12-5-4-6-13(16)7-12/h4-8,20H,9H2,1-3H3,(H,17,18,19). The van der Waals surface area contributed by atoms with E-state index in [-0.39, 0.29) is 0 Å². The van der Waals surface area contributed by atoms with Gasteiger partial charge in [0.2, 0.25) is 5.95 Å². The number of nitrogens with one attached hydrogen (secondary N) is 1. The topological polar surface area (TPSA) is 58.0 Å². The molecule has 1 unspecified atom stereocenters. The van der Waals surface area contributed by atoms with Crippen molar-refractivity contribution in [2.75, 3.05) is 11.9 Å². The number of aliphatic hydroxyl groups is 1. The molecule has 0 saturated carbocycles. The van der Waals surface area contributed by atoms with Crippen LogP contribution in [0.2, 0.25) is 5.02 Å². The van der Waals surface area contributed by atoms with Gasteiger partial charge in [-0.1, -0.05) is 23.7 Å². The van der Waals surface area contributed by atoms with Gasteiger partial charge in [-0.25, -0.2) is 9.97 Å². The van der Waals surface area contributed by atoms with Crippen LogP contribution in [0.3, 0.4) is 0 Å². The largest absolute Gasteiger partial charge is 0.384 e. The smallest absolute Gasteiger partial charge is 0.222 e. The van der Waals surface area contributed by atoms with Gasteiger partial charge in [0, 0.05) is 16.9 Å². The molecule has 0 amide bonds. The normalized spacial score (nSPS) is 13.8. The lowest BCUT2D eigenvalue weighted by Gasteiger charge is -2.24. The van der Waals surface area contributed by atoms with Crippen molar-refractivity contribution >= 4 is 17.5 Å². The molecule has 0 aliphatic carbocycles. The van der Waals surface area contributed by atoms with Gasteiger partial charge in [-0.05, 0) is 44.0 Å². The fraction of sp³-hybridized carbons (Fsp3) is 0.333. The fourth-order valence-electron chi connectivity index (χ4n) is 1.79. The molecule has 5 heteroatoms. The van der Waals surface area contributed by atoms with Crippen LogP contribution in [0.1, 0.15) is 23.7 Å². The van der Waals surface area contributed by atoms with Crippen molar-refractivity contribution < 1.29 is 5.11 Å². The third-order valence-electron chi connectivity index (χ3n) is 3.26. The van der Waals surface area contributed by atoms with Crippen molar-refractivity contribution in [1.82, 2.24) is 9.97 Å². The van der Waals surface area contributed by atoms with Crippen LogP contribution in [-0.4, -0.2) is 21.6 Å². The molecule has 1 heterocycles. The van der Waals surface area contributed by atoms with Gasteiger partial charge in [-0.2, -0.15) is 0 Å². The van der Waals surface area contributed by atoms with E-state index in [0.717, 1.165) is 16.8 Å². The second kappa shape index (κ2) is 5.77. The molecule has 0 fully saturated rings. The number of aryl methyl sites for hydroxylation is 2. The summed E-state index contributed by atoms with van der Waals surface area (Å²) >= 11 is 5.95. The average Bonchev–Trinajstić information content (AvgIpc) is 2.40. The van der Waals surface area contributed by atoms with E-state index in [1.54, 1.807) is 25.3 Å². The minimum absolute atomic E-state index is 0.301. The van der Waals surface area contributed by atoms with Gasteiger partial charge in [0.05, 0.1) is 6.54 Å². The molecule has 0 aliphatic rings. The van der Waals surface area contributed by atoms with E-state index >= 15 is 0 Å². The van der Waals surface area contributed by atoms with Crippen LogP contribution in [0.4, 0.5) is 5.95 Å². The molecule has 0 aliphatic heterocycles. The summed E-state index contributed by atoms with van der Waals surface area (Å²) in [6.45, 7) is 5.92. The van der Waals surface area contributed by atoms with Crippen LogP contribution in [0.5, 0.6) is 0 Å². The Kier molecular flexibility index (Phi) is 4.26. The molecule has 0 saturated heterocycles. The first kappa shape index (κ1) is 14.8. The predicted molar refractivity (Wildman–Crippen MR) is 81.0 cm³/mol. The van der Waals surface area contributed by atoms with E-state index in [1.165, 1.54) is 0 Å². The second-order valence-electron chi connectivity index (χ2n) is 5.10. The van der Waals surface area contributed by atoms with Crippen LogP contribution < -0.4 is 5.32 Å². The highest BCUT2D eigenvalue weighted by atomic mass is 35.5. The van der Waals surface area contributed by atoms with Gasteiger partial charge in [0.15, 0.2) is 0 Å². The van der Waals surface area contributed by atoms with Gasteiger partial charge in [0.25, 0.3) is 0 Å². The molecule has 1 atom stereocenters. The number of aromatic nitrogens is 2. The molecule has 0 spiro atoms. The summed E-state index contributed by atoms with van der Waals surface area (Å²) in [7, 11) is 0. The molecule has 1 aromatic carbocycles. The highest BCUT2D eigenvalue weighted by Gasteiger charge is 2.23. The van der Waals surface area contributed by atoms with Crippen LogP contribution >= 0.6 is 11.6 Å². The zero-order valence-corrected chi connectivity index (χ0v) is 12.6. The molecule has 2 rings (SSSR count). The third-order valence-corrected chi connectivity index (χ3v) is 3.50. The molecule has 0 radical (unpaired) electrons. The highest BCUT2D eigenvalue weighted by molar-refractivity contribution is 6.30. The maximum absolute atomic E-state index is 10.5. The zero-order valence-electron chi connectivity index (χ0n) is 11.8. The predicted octanol–water partition coefficient (Wildman–Crippen LogP) is 3.07. The SMILES string of the molecule is Cc1cnc(NCC(C)(O)c2cccc(Cl)c2)nc1C. The molecule has 4 nitrogen and oxygen atoms in total. The Hall–Kier alpha value is -1.65. The lowest BCUT2D eigenvalue weighted by molar-refractivity contribution is 0.0713. The summed E-state index contributed by atoms with van der Waals surface area (Å²) in [5, 5.41) is 14.2. The van der Waals surface area contributed by atoms with Crippen LogP contribution in [-0.2, 0) is 5.60 Å². The van der Waals surface area contributed by atoms with E-state index in [1.807, 2.05) is 26.0 Å². The first-order valence-corrected chi connectivity index (χ1v) is 6.79. The number of hydrogen-bond acceptors (Lipinski definition) is 4. The van der Waals surface area contributed by atoms with Gasteiger partial charge in [-0.15, -0.1) is 0 Å². The number of nitrogens with zero attached hydrogens (tertiary/aromatic N) is 2. The molecule has 106 valence electrons. The minimum Gasteiger partial charge on any atom is -0.384 e. The quantitative estimate of drug-likeness (QED) is 0.909. The highest BCUT2D eigenvalue weighted by Crippen LogP contribution is 2.23. The summed E-state index contributed by atoms with van der Waals surface area (Å²) in [6.07, 6.45) is 1.76. The van der Waals surface area contributed by atoms with Crippen molar-refractivity contribution in [3.8, 4) is 0 Å². The fourth-order valence-corrected chi connectivity index (χ4v) is 1.98. The number of rotatable bonds is 4. The Labute approximate surface area is 123 Å². The van der Waals surface area contributed by atoms with Crippen molar-refractivity contribution in [1.29, 1.82) is 0 Å². The Morgan fingerprint density at radius 3 is 2.75 bits per heavy atom. The molecule has 1 aromatic heterocycles. The molecule has 0 bridgehead atoms. The Bertz CT molecular complexity index is 614.